The van der Waals surface area contributed by atoms with Crippen molar-refractivity contribution in [1.29, 1.82) is 0 Å². The zero-order valence-corrected chi connectivity index (χ0v) is 64.8. The second-order valence-electron chi connectivity index (χ2n) is 27.4. The lowest BCUT2D eigenvalue weighted by Crippen LogP contribution is -2.30. The van der Waals surface area contributed by atoms with Gasteiger partial charge in [0.05, 0.1) is 26.4 Å². The molecule has 0 spiro atoms. The lowest BCUT2D eigenvalue weighted by molar-refractivity contribution is -0.161. The molecule has 0 bridgehead atoms. The summed E-state index contributed by atoms with van der Waals surface area (Å²) in [6, 6.07) is 0. The summed E-state index contributed by atoms with van der Waals surface area (Å²) >= 11 is 0. The topological polar surface area (TPSA) is 237 Å². The number of esters is 4. The maximum absolute atomic E-state index is 13.1. The summed E-state index contributed by atoms with van der Waals surface area (Å²) in [6.07, 6.45) is 68.3. The van der Waals surface area contributed by atoms with Gasteiger partial charge in [-0.1, -0.05) is 340 Å². The van der Waals surface area contributed by atoms with Crippen LogP contribution in [0.2, 0.25) is 0 Å². The monoisotopic (exact) mass is 1430 g/mol. The Morgan fingerprint density at radius 1 is 0.296 bits per heavy atom. The van der Waals surface area contributed by atoms with Gasteiger partial charge in [-0.3, -0.25) is 37.3 Å². The number of carbonyl (C=O) groups is 4. The maximum atomic E-state index is 13.1. The summed E-state index contributed by atoms with van der Waals surface area (Å²) in [6.45, 7) is 4.86. The standard InChI is InChI=1S/C79H148O17P2/c1-5-9-13-17-21-25-29-33-35-36-38-41-44-48-52-56-60-64-77(82)90-70-75(96-79(84)66-62-58-54-50-46-42-37-34-30-26-22-18-14-10-6-2)72-94-98(87,88)92-68-73(80)67-91-97(85,86)93-71-74(95-78(83)65-61-57-53-49-45-40-32-28-24-20-16-12-8-4)69-89-76(81)63-59-55-51-47-43-39-31-27-23-19-15-11-7-3/h9,13,21,25,33,35,73-75,80H,5-8,10-12,14-20,22-24,26-32,34,36-72H2,1-4H3,(H,85,86)(H,87,88)/b13-9-,25-21-,35-33-. The zero-order valence-electron chi connectivity index (χ0n) is 63.0. The Balaban J connectivity index is 5.29. The van der Waals surface area contributed by atoms with E-state index in [0.29, 0.717) is 25.7 Å². The van der Waals surface area contributed by atoms with Crippen molar-refractivity contribution in [3.63, 3.8) is 0 Å². The molecule has 5 atom stereocenters. The van der Waals surface area contributed by atoms with E-state index in [1.807, 2.05) is 0 Å². The van der Waals surface area contributed by atoms with Gasteiger partial charge in [0.15, 0.2) is 12.2 Å². The van der Waals surface area contributed by atoms with Crippen molar-refractivity contribution in [3.05, 3.63) is 36.5 Å². The first kappa shape index (κ1) is 95.3. The maximum Gasteiger partial charge on any atom is 0.472 e. The number of aliphatic hydroxyl groups excluding tert-OH is 1. The Morgan fingerprint density at radius 3 is 0.816 bits per heavy atom. The van der Waals surface area contributed by atoms with Gasteiger partial charge >= 0.3 is 39.5 Å². The largest absolute Gasteiger partial charge is 0.472 e. The number of ether oxygens (including phenoxy) is 4. The Bertz CT molecular complexity index is 2000. The molecule has 0 fully saturated rings. The molecule has 19 heteroatoms. The molecule has 0 amide bonds. The summed E-state index contributed by atoms with van der Waals surface area (Å²) in [5.41, 5.74) is 0. The van der Waals surface area contributed by atoms with Crippen molar-refractivity contribution in [2.24, 2.45) is 0 Å². The number of phosphoric acid groups is 2. The predicted octanol–water partition coefficient (Wildman–Crippen LogP) is 23.1. The molecule has 5 unspecified atom stereocenters. The number of hydrogen-bond donors (Lipinski definition) is 3. The summed E-state index contributed by atoms with van der Waals surface area (Å²) in [4.78, 5) is 72.9. The minimum atomic E-state index is -4.97. The molecule has 0 saturated carbocycles. The molecule has 0 heterocycles. The second kappa shape index (κ2) is 72.6. The lowest BCUT2D eigenvalue weighted by atomic mass is 10.0. The van der Waals surface area contributed by atoms with Crippen LogP contribution in [0.5, 0.6) is 0 Å². The molecule has 0 aliphatic rings. The van der Waals surface area contributed by atoms with Crippen molar-refractivity contribution < 1.29 is 80.2 Å². The number of aliphatic hydroxyl groups is 1. The molecule has 3 N–H and O–H groups in total. The van der Waals surface area contributed by atoms with Gasteiger partial charge in [0, 0.05) is 25.7 Å². The van der Waals surface area contributed by atoms with Gasteiger partial charge < -0.3 is 33.8 Å². The molecule has 0 aliphatic heterocycles. The van der Waals surface area contributed by atoms with Crippen LogP contribution in [0, 0.1) is 0 Å². The Labute approximate surface area is 598 Å². The second-order valence-corrected chi connectivity index (χ2v) is 30.3. The van der Waals surface area contributed by atoms with E-state index < -0.39 is 97.5 Å². The van der Waals surface area contributed by atoms with Crippen molar-refractivity contribution in [1.82, 2.24) is 0 Å². The molecule has 98 heavy (non-hydrogen) atoms. The van der Waals surface area contributed by atoms with E-state index in [2.05, 4.69) is 64.2 Å². The number of phosphoric ester groups is 2. The summed E-state index contributed by atoms with van der Waals surface area (Å²) in [7, 11) is -9.93. The lowest BCUT2D eigenvalue weighted by Gasteiger charge is -2.21. The van der Waals surface area contributed by atoms with E-state index in [0.717, 1.165) is 135 Å². The third-order valence-corrected chi connectivity index (χ3v) is 19.6. The van der Waals surface area contributed by atoms with Crippen molar-refractivity contribution in [3.8, 4) is 0 Å². The van der Waals surface area contributed by atoms with Crippen LogP contribution in [0.4, 0.5) is 0 Å². The Kier molecular flexibility index (Phi) is 70.6. The van der Waals surface area contributed by atoms with Crippen LogP contribution in [-0.2, 0) is 65.4 Å². The molecule has 576 valence electrons. The van der Waals surface area contributed by atoms with E-state index in [9.17, 15) is 43.2 Å². The van der Waals surface area contributed by atoms with Crippen LogP contribution in [0.15, 0.2) is 36.5 Å². The highest BCUT2D eigenvalue weighted by molar-refractivity contribution is 7.47. The first-order chi connectivity index (χ1) is 47.7. The Morgan fingerprint density at radius 2 is 0.531 bits per heavy atom. The predicted molar refractivity (Wildman–Crippen MR) is 400 cm³/mol. The van der Waals surface area contributed by atoms with Crippen LogP contribution in [0.25, 0.3) is 0 Å². The van der Waals surface area contributed by atoms with Crippen molar-refractivity contribution >= 4 is 39.5 Å². The minimum absolute atomic E-state index is 0.102. The molecular formula is C79H148O17P2. The number of allylic oxidation sites excluding steroid dienone is 6. The van der Waals surface area contributed by atoms with Crippen LogP contribution < -0.4 is 0 Å². The van der Waals surface area contributed by atoms with E-state index in [1.165, 1.54) is 173 Å². The normalized spacial score (nSPS) is 14.1. The summed E-state index contributed by atoms with van der Waals surface area (Å²) < 4.78 is 68.6. The molecule has 0 aromatic rings. The summed E-state index contributed by atoms with van der Waals surface area (Å²) in [5.74, 6) is -2.13. The highest BCUT2D eigenvalue weighted by Crippen LogP contribution is 2.45. The molecule has 0 aromatic heterocycles. The van der Waals surface area contributed by atoms with Crippen LogP contribution >= 0.6 is 15.6 Å². The smallest absolute Gasteiger partial charge is 0.462 e. The zero-order chi connectivity index (χ0) is 71.8. The number of carbonyl (C=O) groups excluding carboxylic acids is 4. The molecule has 17 nitrogen and oxygen atoms in total. The van der Waals surface area contributed by atoms with E-state index >= 15 is 0 Å². The first-order valence-corrected chi connectivity index (χ1v) is 43.2. The van der Waals surface area contributed by atoms with Crippen molar-refractivity contribution in [2.45, 2.75) is 406 Å². The Hall–Kier alpha value is -2.72. The van der Waals surface area contributed by atoms with E-state index in [-0.39, 0.29) is 25.7 Å². The molecular weight excluding hydrogens is 1280 g/mol. The van der Waals surface area contributed by atoms with Crippen LogP contribution in [0.3, 0.4) is 0 Å². The molecule has 0 rings (SSSR count). The van der Waals surface area contributed by atoms with Gasteiger partial charge in [0.25, 0.3) is 0 Å². The quantitative estimate of drug-likeness (QED) is 0.0169. The highest BCUT2D eigenvalue weighted by Gasteiger charge is 2.30. The van der Waals surface area contributed by atoms with Gasteiger partial charge in [0.1, 0.15) is 19.3 Å². The van der Waals surface area contributed by atoms with E-state index in [4.69, 9.17) is 37.0 Å². The third-order valence-electron chi connectivity index (χ3n) is 17.6. The van der Waals surface area contributed by atoms with Gasteiger partial charge in [-0.25, -0.2) is 9.13 Å². The molecule has 0 radical (unpaired) electrons. The third kappa shape index (κ3) is 71.7. The molecule has 0 saturated heterocycles. The van der Waals surface area contributed by atoms with Crippen molar-refractivity contribution in [2.75, 3.05) is 39.6 Å². The fourth-order valence-electron chi connectivity index (χ4n) is 11.5. The molecule has 0 aromatic carbocycles. The fourth-order valence-corrected chi connectivity index (χ4v) is 13.1. The first-order valence-electron chi connectivity index (χ1n) is 40.2. The van der Waals surface area contributed by atoms with Gasteiger partial charge in [-0.15, -0.1) is 0 Å². The SMILES string of the molecule is CC/C=C\C/C=C\C/C=C\CCCCCCCCCC(=O)OCC(COP(=O)(O)OCC(O)COP(=O)(O)OCC(COC(=O)CCCCCCCCCCCCCCC)OC(=O)CCCCCCCCCCCCCCC)OC(=O)CCCCCCCCCCCCCCCCC. The van der Waals surface area contributed by atoms with Gasteiger partial charge in [-0.05, 0) is 57.8 Å². The summed E-state index contributed by atoms with van der Waals surface area (Å²) in [5, 5.41) is 10.6. The van der Waals surface area contributed by atoms with Crippen LogP contribution in [-0.4, -0.2) is 96.7 Å². The van der Waals surface area contributed by atoms with Gasteiger partial charge in [-0.2, -0.15) is 0 Å². The van der Waals surface area contributed by atoms with Gasteiger partial charge in [0.2, 0.25) is 0 Å². The number of unbranched alkanes of at least 4 members (excludes halogenated alkanes) is 45. The fraction of sp³-hybridized carbons (Fsp3) is 0.873. The average Bonchev–Trinajstić information content (AvgIpc) is 1.05. The average molecular weight is 1430 g/mol. The minimum Gasteiger partial charge on any atom is -0.462 e. The highest BCUT2D eigenvalue weighted by atomic mass is 31.2. The van der Waals surface area contributed by atoms with Crippen LogP contribution in [0.1, 0.15) is 387 Å². The number of hydrogen-bond acceptors (Lipinski definition) is 15. The molecule has 0 aliphatic carbocycles. The number of rotatable bonds is 77. The van der Waals surface area contributed by atoms with E-state index in [1.54, 1.807) is 0 Å².